The van der Waals surface area contributed by atoms with Gasteiger partial charge >= 0.3 is 47.7 Å². The molecule has 0 saturated heterocycles. The van der Waals surface area contributed by atoms with Crippen molar-refractivity contribution in [2.75, 3.05) is 6.61 Å². The molecule has 0 atom stereocenters. The molecular formula is C26H35F15O2. The van der Waals surface area contributed by atoms with E-state index in [0.29, 0.717) is 12.8 Å². The third kappa shape index (κ3) is 9.82. The second kappa shape index (κ2) is 16.5. The van der Waals surface area contributed by atoms with Gasteiger partial charge in [-0.2, -0.15) is 65.9 Å². The highest BCUT2D eigenvalue weighted by Crippen LogP contribution is 2.62. The van der Waals surface area contributed by atoms with E-state index in [4.69, 9.17) is 0 Å². The number of ether oxygens (including phenoxy) is 1. The molecule has 0 aromatic heterocycles. The van der Waals surface area contributed by atoms with E-state index >= 15 is 0 Å². The molecule has 0 amide bonds. The Labute approximate surface area is 239 Å². The first-order valence-electron chi connectivity index (χ1n) is 13.6. The van der Waals surface area contributed by atoms with Crippen LogP contribution in [0.2, 0.25) is 0 Å². The molecule has 0 bridgehead atoms. The molecule has 0 aliphatic carbocycles. The molecule has 43 heavy (non-hydrogen) atoms. The molecule has 0 aromatic carbocycles. The van der Waals surface area contributed by atoms with E-state index in [2.05, 4.69) is 17.7 Å². The summed E-state index contributed by atoms with van der Waals surface area (Å²) in [5.74, 6) is -51.7. The van der Waals surface area contributed by atoms with Crippen LogP contribution < -0.4 is 0 Å². The van der Waals surface area contributed by atoms with E-state index in [0.717, 1.165) is 38.5 Å². The smallest absolute Gasteiger partial charge is 0.460 e. The van der Waals surface area contributed by atoms with Gasteiger partial charge in [0, 0.05) is 0 Å². The predicted molar refractivity (Wildman–Crippen MR) is 126 cm³/mol. The standard InChI is InChI=1S/C26H35F15O2/c1-2-3-4-5-6-7-8-9-10-11-12-13-14-15-16-17-18-43-19(42)20(27,28)21(29,30)22(31,32)23(33,34)24(35,36)25(37,38)26(39,40)41/h9-10H,2-8,11-18H2,1H3. The van der Waals surface area contributed by atoms with Crippen molar-refractivity contribution in [3.05, 3.63) is 12.2 Å². The van der Waals surface area contributed by atoms with Gasteiger partial charge in [-0.25, -0.2) is 4.79 Å². The van der Waals surface area contributed by atoms with Gasteiger partial charge in [-0.3, -0.25) is 0 Å². The van der Waals surface area contributed by atoms with Crippen LogP contribution in [-0.2, 0) is 9.53 Å². The Morgan fingerprint density at radius 2 is 0.837 bits per heavy atom. The van der Waals surface area contributed by atoms with E-state index in [1.807, 2.05) is 6.08 Å². The summed E-state index contributed by atoms with van der Waals surface area (Å²) in [7, 11) is 0. The van der Waals surface area contributed by atoms with Crippen molar-refractivity contribution in [1.82, 2.24) is 0 Å². The van der Waals surface area contributed by atoms with Gasteiger partial charge in [0.2, 0.25) is 0 Å². The van der Waals surface area contributed by atoms with E-state index < -0.39 is 54.3 Å². The maximum absolute atomic E-state index is 13.8. The van der Waals surface area contributed by atoms with E-state index in [1.165, 1.54) is 25.7 Å². The molecule has 0 heterocycles. The maximum atomic E-state index is 13.8. The number of hydrogen-bond acceptors (Lipinski definition) is 2. The number of allylic oxidation sites excluding steroid dienone is 2. The second-order valence-electron chi connectivity index (χ2n) is 10.0. The largest absolute Gasteiger partial charge is 0.461 e. The highest BCUT2D eigenvalue weighted by atomic mass is 19.4. The van der Waals surface area contributed by atoms with Gasteiger partial charge in [-0.05, 0) is 32.1 Å². The first-order chi connectivity index (χ1) is 19.5. The van der Waals surface area contributed by atoms with Crippen molar-refractivity contribution in [2.45, 2.75) is 139 Å². The minimum atomic E-state index is -8.43. The van der Waals surface area contributed by atoms with Crippen molar-refractivity contribution < 1.29 is 75.4 Å². The lowest BCUT2D eigenvalue weighted by molar-refractivity contribution is -0.450. The maximum Gasteiger partial charge on any atom is 0.460 e. The molecule has 0 aliphatic rings. The highest BCUT2D eigenvalue weighted by molar-refractivity contribution is 5.79. The van der Waals surface area contributed by atoms with Gasteiger partial charge in [-0.1, -0.05) is 76.9 Å². The van der Waals surface area contributed by atoms with Crippen LogP contribution >= 0.6 is 0 Å². The Balaban J connectivity index is 4.75. The van der Waals surface area contributed by atoms with Crippen LogP contribution in [0, 0.1) is 0 Å². The molecule has 0 aliphatic heterocycles. The zero-order valence-corrected chi connectivity index (χ0v) is 23.2. The van der Waals surface area contributed by atoms with Crippen LogP contribution in [-0.4, -0.2) is 54.3 Å². The second-order valence-corrected chi connectivity index (χ2v) is 10.0. The molecule has 0 rings (SSSR count). The number of hydrogen-bond donors (Lipinski definition) is 0. The molecule has 2 nitrogen and oxygen atoms in total. The van der Waals surface area contributed by atoms with E-state index in [1.54, 1.807) is 0 Å². The number of unbranched alkanes of at least 4 members (excludes halogenated alkanes) is 12. The van der Waals surface area contributed by atoms with Gasteiger partial charge in [0.25, 0.3) is 0 Å². The summed E-state index contributed by atoms with van der Waals surface area (Å²) in [6.45, 7) is 1.01. The Morgan fingerprint density at radius 3 is 1.26 bits per heavy atom. The predicted octanol–water partition coefficient (Wildman–Crippen LogP) is 10.9. The fraction of sp³-hybridized carbons (Fsp3) is 0.885. The fourth-order valence-corrected chi connectivity index (χ4v) is 3.70. The lowest BCUT2D eigenvalue weighted by atomic mass is 9.91. The zero-order valence-electron chi connectivity index (χ0n) is 23.2. The first kappa shape index (κ1) is 41.2. The fourth-order valence-electron chi connectivity index (χ4n) is 3.70. The summed E-state index contributed by atoms with van der Waals surface area (Å²) in [4.78, 5) is 11.3. The number of halogens is 15. The molecule has 17 heteroatoms. The number of rotatable bonds is 22. The molecule has 0 N–H and O–H groups in total. The monoisotopic (exact) mass is 664 g/mol. The van der Waals surface area contributed by atoms with Gasteiger partial charge in [0.1, 0.15) is 0 Å². The van der Waals surface area contributed by atoms with Crippen molar-refractivity contribution in [3.63, 3.8) is 0 Å². The number of esters is 1. The van der Waals surface area contributed by atoms with Crippen LogP contribution in [0.4, 0.5) is 65.9 Å². The van der Waals surface area contributed by atoms with Crippen molar-refractivity contribution in [3.8, 4) is 0 Å². The van der Waals surface area contributed by atoms with E-state index in [-0.39, 0.29) is 12.8 Å². The Hall–Kier alpha value is -1.84. The number of carbonyl (C=O) groups is 1. The third-order valence-corrected chi connectivity index (χ3v) is 6.47. The van der Waals surface area contributed by atoms with Crippen molar-refractivity contribution in [2.24, 2.45) is 0 Å². The molecule has 0 saturated carbocycles. The van der Waals surface area contributed by atoms with E-state index in [9.17, 15) is 70.7 Å². The minimum Gasteiger partial charge on any atom is -0.461 e. The minimum absolute atomic E-state index is 0.149. The lowest BCUT2D eigenvalue weighted by Crippen LogP contribution is -2.73. The van der Waals surface area contributed by atoms with Crippen LogP contribution in [0.3, 0.4) is 0 Å². The number of alkyl halides is 15. The van der Waals surface area contributed by atoms with Crippen LogP contribution in [0.5, 0.6) is 0 Å². The summed E-state index contributed by atoms with van der Waals surface area (Å²) < 4.78 is 201. The molecule has 0 radical (unpaired) electrons. The number of carbonyl (C=O) groups excluding carboxylic acids is 1. The van der Waals surface area contributed by atoms with Gasteiger partial charge in [0.05, 0.1) is 6.61 Å². The van der Waals surface area contributed by atoms with Crippen LogP contribution in [0.15, 0.2) is 12.2 Å². The van der Waals surface area contributed by atoms with Gasteiger partial charge in [0.15, 0.2) is 0 Å². The third-order valence-electron chi connectivity index (χ3n) is 6.47. The highest BCUT2D eigenvalue weighted by Gasteiger charge is 2.94. The molecule has 0 aromatic rings. The summed E-state index contributed by atoms with van der Waals surface area (Å²) in [6.07, 6.45) is 7.73. The summed E-state index contributed by atoms with van der Waals surface area (Å²) in [5.41, 5.74) is 0. The van der Waals surface area contributed by atoms with Gasteiger partial charge in [-0.15, -0.1) is 0 Å². The topological polar surface area (TPSA) is 26.3 Å². The molecule has 256 valence electrons. The summed E-state index contributed by atoms with van der Waals surface area (Å²) >= 11 is 0. The molecule has 0 fully saturated rings. The van der Waals surface area contributed by atoms with Crippen LogP contribution in [0.25, 0.3) is 0 Å². The average Bonchev–Trinajstić information content (AvgIpc) is 2.88. The normalized spacial score (nSPS) is 14.5. The lowest BCUT2D eigenvalue weighted by Gasteiger charge is -2.40. The Bertz CT molecular complexity index is 852. The van der Waals surface area contributed by atoms with Crippen LogP contribution in [0.1, 0.15) is 96.8 Å². The van der Waals surface area contributed by atoms with Gasteiger partial charge < -0.3 is 4.74 Å². The zero-order chi connectivity index (χ0) is 33.8. The summed E-state index contributed by atoms with van der Waals surface area (Å²) in [6, 6.07) is 0. The molecule has 0 spiro atoms. The van der Waals surface area contributed by atoms with Crippen molar-refractivity contribution >= 4 is 5.97 Å². The first-order valence-corrected chi connectivity index (χ1v) is 13.6. The SMILES string of the molecule is CCCCCCCCC=CCCCCCCCCOC(=O)C(F)(F)C(F)(F)C(F)(F)C(F)(F)C(F)(F)C(F)(F)C(F)(F)F. The van der Waals surface area contributed by atoms with Crippen molar-refractivity contribution in [1.29, 1.82) is 0 Å². The average molecular weight is 665 g/mol. The Kier molecular flexibility index (Phi) is 15.8. The molecular weight excluding hydrogens is 629 g/mol. The molecule has 0 unspecified atom stereocenters. The quantitative estimate of drug-likeness (QED) is 0.0498. The summed E-state index contributed by atoms with van der Waals surface area (Å²) in [5, 5.41) is 0. The Morgan fingerprint density at radius 1 is 0.488 bits per heavy atom.